The van der Waals surface area contributed by atoms with Crippen LogP contribution >= 0.6 is 0 Å². The fourth-order valence-electron chi connectivity index (χ4n) is 2.34. The minimum Gasteiger partial charge on any atom is -0.356 e. The molecule has 0 aliphatic heterocycles. The van der Waals surface area contributed by atoms with Crippen molar-refractivity contribution in [3.63, 3.8) is 0 Å². The molecule has 92 valence electrons. The Bertz CT molecular complexity index is 546. The molecule has 0 bridgehead atoms. The molecule has 1 unspecified atom stereocenters. The Morgan fingerprint density at radius 2 is 2.06 bits per heavy atom. The Hall–Kier alpha value is -1.42. The molecule has 0 amide bonds. The first-order valence-corrected chi connectivity index (χ1v) is 5.75. The van der Waals surface area contributed by atoms with Gasteiger partial charge in [0.1, 0.15) is 11.6 Å². The molecule has 1 atom stereocenters. The van der Waals surface area contributed by atoms with E-state index in [1.165, 1.54) is 6.07 Å². The molecule has 0 saturated carbocycles. The van der Waals surface area contributed by atoms with Crippen molar-refractivity contribution in [2.75, 3.05) is 6.54 Å². The smallest absolute Gasteiger partial charge is 0.150 e. The van der Waals surface area contributed by atoms with E-state index in [-0.39, 0.29) is 6.04 Å². The molecule has 2 aromatic rings. The van der Waals surface area contributed by atoms with Crippen LogP contribution in [-0.2, 0) is 0 Å². The lowest BCUT2D eigenvalue weighted by atomic mass is 10.0. The van der Waals surface area contributed by atoms with Gasteiger partial charge in [-0.15, -0.1) is 0 Å². The molecular formula is C13H16F2N2. The monoisotopic (exact) mass is 238 g/mol. The minimum absolute atomic E-state index is 0.0648. The van der Waals surface area contributed by atoms with Crippen LogP contribution in [0.4, 0.5) is 8.78 Å². The number of halogens is 2. The highest BCUT2D eigenvalue weighted by Gasteiger charge is 2.17. The van der Waals surface area contributed by atoms with Crippen molar-refractivity contribution in [1.82, 2.24) is 10.3 Å². The van der Waals surface area contributed by atoms with Gasteiger partial charge in [-0.3, -0.25) is 0 Å². The zero-order chi connectivity index (χ0) is 12.6. The van der Waals surface area contributed by atoms with Gasteiger partial charge in [0.05, 0.1) is 5.52 Å². The summed E-state index contributed by atoms with van der Waals surface area (Å²) in [6.45, 7) is 6.68. The maximum Gasteiger partial charge on any atom is 0.150 e. The van der Waals surface area contributed by atoms with Crippen LogP contribution in [0.15, 0.2) is 12.1 Å². The Balaban J connectivity index is 2.66. The molecule has 1 aromatic heterocycles. The highest BCUT2D eigenvalue weighted by Crippen LogP contribution is 2.29. The molecule has 2 N–H and O–H groups in total. The van der Waals surface area contributed by atoms with Gasteiger partial charge in [0, 0.05) is 23.2 Å². The molecule has 0 aliphatic rings. The Morgan fingerprint density at radius 1 is 1.35 bits per heavy atom. The summed E-state index contributed by atoms with van der Waals surface area (Å²) in [5.74, 6) is -1.09. The van der Waals surface area contributed by atoms with Crippen LogP contribution in [0.2, 0.25) is 0 Å². The molecule has 1 heterocycles. The lowest BCUT2D eigenvalue weighted by molar-refractivity contribution is 0.589. The van der Waals surface area contributed by atoms with E-state index in [9.17, 15) is 8.78 Å². The summed E-state index contributed by atoms with van der Waals surface area (Å²) in [6, 6.07) is 2.35. The van der Waals surface area contributed by atoms with Crippen LogP contribution < -0.4 is 5.32 Å². The highest BCUT2D eigenvalue weighted by molar-refractivity contribution is 5.85. The van der Waals surface area contributed by atoms with Crippen LogP contribution in [0.3, 0.4) is 0 Å². The van der Waals surface area contributed by atoms with Gasteiger partial charge < -0.3 is 10.3 Å². The molecule has 2 nitrogen and oxygen atoms in total. The third-order valence-electron chi connectivity index (χ3n) is 3.01. The number of aromatic amines is 1. The van der Waals surface area contributed by atoms with Crippen molar-refractivity contribution in [2.24, 2.45) is 0 Å². The number of fused-ring (bicyclic) bond motifs is 1. The van der Waals surface area contributed by atoms with Crippen molar-refractivity contribution < 1.29 is 8.78 Å². The summed E-state index contributed by atoms with van der Waals surface area (Å²) in [7, 11) is 0. The van der Waals surface area contributed by atoms with Gasteiger partial charge in [-0.05, 0) is 32.0 Å². The zero-order valence-electron chi connectivity index (χ0n) is 10.2. The summed E-state index contributed by atoms with van der Waals surface area (Å²) in [4.78, 5) is 2.98. The van der Waals surface area contributed by atoms with Crippen LogP contribution in [0.5, 0.6) is 0 Å². The van der Waals surface area contributed by atoms with E-state index in [4.69, 9.17) is 0 Å². The number of hydrogen-bond donors (Lipinski definition) is 2. The van der Waals surface area contributed by atoms with Crippen LogP contribution in [0, 0.1) is 18.6 Å². The van der Waals surface area contributed by atoms with Crippen molar-refractivity contribution in [3.8, 4) is 0 Å². The predicted octanol–water partition coefficient (Wildman–Crippen LogP) is 3.43. The number of hydrogen-bond acceptors (Lipinski definition) is 1. The summed E-state index contributed by atoms with van der Waals surface area (Å²) < 4.78 is 26.9. The number of aryl methyl sites for hydroxylation is 1. The van der Waals surface area contributed by atoms with Gasteiger partial charge in [-0.1, -0.05) is 6.92 Å². The van der Waals surface area contributed by atoms with Gasteiger partial charge in [-0.25, -0.2) is 8.78 Å². The standard InChI is InChI=1S/C13H16F2N2/c1-4-16-7(2)12-8(3)17-13-10(12)5-9(14)6-11(13)15/h5-7,16-17H,4H2,1-3H3. The van der Waals surface area contributed by atoms with Crippen molar-refractivity contribution in [3.05, 3.63) is 35.0 Å². The fraction of sp³-hybridized carbons (Fsp3) is 0.385. The Labute approximate surface area is 99.0 Å². The molecule has 0 fully saturated rings. The maximum absolute atomic E-state index is 13.6. The Morgan fingerprint density at radius 3 is 2.71 bits per heavy atom. The molecule has 0 aliphatic carbocycles. The molecule has 17 heavy (non-hydrogen) atoms. The molecule has 0 spiro atoms. The van der Waals surface area contributed by atoms with E-state index < -0.39 is 11.6 Å². The molecule has 1 aromatic carbocycles. The van der Waals surface area contributed by atoms with Gasteiger partial charge in [0.25, 0.3) is 0 Å². The minimum atomic E-state index is -0.543. The molecule has 4 heteroatoms. The van der Waals surface area contributed by atoms with Crippen LogP contribution in [0.25, 0.3) is 10.9 Å². The first kappa shape index (κ1) is 12.0. The van der Waals surface area contributed by atoms with Crippen LogP contribution in [0.1, 0.15) is 31.1 Å². The summed E-state index contributed by atoms with van der Waals surface area (Å²) in [5, 5.41) is 3.87. The van der Waals surface area contributed by atoms with E-state index >= 15 is 0 Å². The predicted molar refractivity (Wildman–Crippen MR) is 65.0 cm³/mol. The molecule has 0 saturated heterocycles. The lowest BCUT2D eigenvalue weighted by Crippen LogP contribution is -2.18. The quantitative estimate of drug-likeness (QED) is 0.842. The van der Waals surface area contributed by atoms with Crippen molar-refractivity contribution in [2.45, 2.75) is 26.8 Å². The molecule has 2 rings (SSSR count). The number of benzene rings is 1. The van der Waals surface area contributed by atoms with Gasteiger partial charge in [0.15, 0.2) is 0 Å². The van der Waals surface area contributed by atoms with E-state index in [0.29, 0.717) is 10.9 Å². The summed E-state index contributed by atoms with van der Waals surface area (Å²) >= 11 is 0. The summed E-state index contributed by atoms with van der Waals surface area (Å²) in [6.07, 6.45) is 0. The largest absolute Gasteiger partial charge is 0.356 e. The van der Waals surface area contributed by atoms with E-state index in [2.05, 4.69) is 10.3 Å². The topological polar surface area (TPSA) is 27.8 Å². The highest BCUT2D eigenvalue weighted by atomic mass is 19.1. The van der Waals surface area contributed by atoms with E-state index in [1.807, 2.05) is 20.8 Å². The van der Waals surface area contributed by atoms with Gasteiger partial charge >= 0.3 is 0 Å². The van der Waals surface area contributed by atoms with Gasteiger partial charge in [-0.2, -0.15) is 0 Å². The Kier molecular flexibility index (Phi) is 3.15. The van der Waals surface area contributed by atoms with Crippen molar-refractivity contribution >= 4 is 10.9 Å². The maximum atomic E-state index is 13.6. The average Bonchev–Trinajstić information content (AvgIpc) is 2.55. The second kappa shape index (κ2) is 4.45. The normalized spacial score (nSPS) is 13.2. The summed E-state index contributed by atoms with van der Waals surface area (Å²) in [5.41, 5.74) is 2.18. The fourth-order valence-corrected chi connectivity index (χ4v) is 2.34. The first-order chi connectivity index (χ1) is 8.04. The van der Waals surface area contributed by atoms with Crippen LogP contribution in [-0.4, -0.2) is 11.5 Å². The molecule has 0 radical (unpaired) electrons. The number of rotatable bonds is 3. The van der Waals surface area contributed by atoms with Gasteiger partial charge in [0.2, 0.25) is 0 Å². The third-order valence-corrected chi connectivity index (χ3v) is 3.01. The number of aromatic nitrogens is 1. The van der Waals surface area contributed by atoms with E-state index in [1.54, 1.807) is 0 Å². The second-order valence-electron chi connectivity index (χ2n) is 4.25. The number of nitrogens with one attached hydrogen (secondary N) is 2. The first-order valence-electron chi connectivity index (χ1n) is 5.75. The van der Waals surface area contributed by atoms with Crippen molar-refractivity contribution in [1.29, 1.82) is 0 Å². The molecular weight excluding hydrogens is 222 g/mol. The SMILES string of the molecule is CCNC(C)c1c(C)[nH]c2c(F)cc(F)cc12. The lowest BCUT2D eigenvalue weighted by Gasteiger charge is -2.12. The second-order valence-corrected chi connectivity index (χ2v) is 4.25. The zero-order valence-corrected chi connectivity index (χ0v) is 10.2. The van der Waals surface area contributed by atoms with E-state index in [0.717, 1.165) is 23.9 Å². The third kappa shape index (κ3) is 2.05. The average molecular weight is 238 g/mol. The number of H-pyrrole nitrogens is 1.